The van der Waals surface area contributed by atoms with Crippen LogP contribution in [0.15, 0.2) is 70.6 Å². The molecule has 0 fully saturated rings. The number of pyridine rings is 1. The van der Waals surface area contributed by atoms with Gasteiger partial charge in [-0.3, -0.25) is 23.2 Å². The number of anilines is 2. The fourth-order valence-corrected chi connectivity index (χ4v) is 7.05. The van der Waals surface area contributed by atoms with Crippen LogP contribution in [0.5, 0.6) is 5.88 Å². The fraction of sp³-hybridized carbons (Fsp3) is 0.192. The van der Waals surface area contributed by atoms with Crippen LogP contribution in [0.25, 0.3) is 0 Å². The molecule has 0 saturated heterocycles. The summed E-state index contributed by atoms with van der Waals surface area (Å²) in [6.45, 7) is 0.0235. The van der Waals surface area contributed by atoms with Gasteiger partial charge in [0.2, 0.25) is 5.88 Å². The van der Waals surface area contributed by atoms with E-state index in [0.29, 0.717) is 12.1 Å². The summed E-state index contributed by atoms with van der Waals surface area (Å²) in [5, 5.41) is 13.5. The van der Waals surface area contributed by atoms with Crippen LogP contribution in [0.1, 0.15) is 16.1 Å². The van der Waals surface area contributed by atoms with Gasteiger partial charge in [0.05, 0.1) is 50.0 Å². The van der Waals surface area contributed by atoms with E-state index in [2.05, 4.69) is 10.3 Å². The second-order valence-corrected chi connectivity index (χ2v) is 12.4. The summed E-state index contributed by atoms with van der Waals surface area (Å²) in [6, 6.07) is 12.0. The van der Waals surface area contributed by atoms with Gasteiger partial charge in [0.25, 0.3) is 15.9 Å². The lowest BCUT2D eigenvalue weighted by Gasteiger charge is -2.35. The van der Waals surface area contributed by atoms with E-state index in [9.17, 15) is 23.1 Å². The van der Waals surface area contributed by atoms with Crippen molar-refractivity contribution in [3.63, 3.8) is 0 Å². The third kappa shape index (κ3) is 5.29. The number of imidazole rings is 1. The monoisotopic (exact) mass is 621 g/mol. The maximum absolute atomic E-state index is 13.9. The number of amides is 1. The number of rotatable bonds is 6. The Morgan fingerprint density at radius 3 is 2.48 bits per heavy atom. The molecule has 3 heterocycles. The van der Waals surface area contributed by atoms with Gasteiger partial charge in [-0.2, -0.15) is 0 Å². The highest BCUT2D eigenvalue weighted by molar-refractivity contribution is 7.92. The van der Waals surface area contributed by atoms with E-state index < -0.39 is 27.5 Å². The molecular weight excluding hydrogens is 601 g/mol. The van der Waals surface area contributed by atoms with E-state index in [-0.39, 0.29) is 55.9 Å². The summed E-state index contributed by atoms with van der Waals surface area (Å²) in [6.07, 6.45) is 3.00. The van der Waals surface area contributed by atoms with Crippen molar-refractivity contribution in [2.45, 2.75) is 17.9 Å². The first-order valence-corrected chi connectivity index (χ1v) is 14.5. The largest absolute Gasteiger partial charge is 0.493 e. The standard InChI is InChI=1S/C26H22Cl3N5O5S/c1-32-14-23(35)33(26(32)37)12-15-8-21-22(34(13-15)40(38,39)18-5-2-4-16(27)9-18)10-17(11-30-21)31-25(36)24-19(28)6-3-7-20(24)29/h2-7,9-11,14-15,35H,8,12-13H2,1H3,(H,31,36). The van der Waals surface area contributed by atoms with Crippen LogP contribution in [0, 0.1) is 5.92 Å². The Balaban J connectivity index is 1.54. The lowest BCUT2D eigenvalue weighted by molar-refractivity contribution is 0.102. The maximum atomic E-state index is 13.9. The van der Waals surface area contributed by atoms with Gasteiger partial charge >= 0.3 is 5.69 Å². The molecule has 1 aliphatic heterocycles. The molecule has 2 aromatic heterocycles. The van der Waals surface area contributed by atoms with Crippen LogP contribution in [-0.2, 0) is 30.0 Å². The van der Waals surface area contributed by atoms with E-state index in [1.807, 2.05) is 0 Å². The number of nitrogens with zero attached hydrogens (tertiary/aromatic N) is 4. The van der Waals surface area contributed by atoms with Crippen LogP contribution < -0.4 is 15.3 Å². The molecule has 0 spiro atoms. The molecule has 40 heavy (non-hydrogen) atoms. The lowest BCUT2D eigenvalue weighted by atomic mass is 9.97. The summed E-state index contributed by atoms with van der Waals surface area (Å²) in [5.74, 6) is -1.23. The van der Waals surface area contributed by atoms with Gasteiger partial charge in [0.1, 0.15) is 0 Å². The van der Waals surface area contributed by atoms with Crippen molar-refractivity contribution in [1.29, 1.82) is 0 Å². The molecule has 1 unspecified atom stereocenters. The van der Waals surface area contributed by atoms with E-state index in [0.717, 1.165) is 0 Å². The number of halogens is 3. The molecule has 0 radical (unpaired) electrons. The van der Waals surface area contributed by atoms with E-state index in [1.165, 1.54) is 69.3 Å². The van der Waals surface area contributed by atoms with Crippen molar-refractivity contribution in [3.8, 4) is 5.88 Å². The zero-order valence-electron chi connectivity index (χ0n) is 20.9. The summed E-state index contributed by atoms with van der Waals surface area (Å²) >= 11 is 18.4. The Morgan fingerprint density at radius 2 is 1.82 bits per heavy atom. The molecule has 1 amide bonds. The van der Waals surface area contributed by atoms with Gasteiger partial charge in [0, 0.05) is 31.1 Å². The quantitative estimate of drug-likeness (QED) is 0.325. The van der Waals surface area contributed by atoms with Gasteiger partial charge in [-0.15, -0.1) is 0 Å². The SMILES string of the molecule is Cn1cc(O)n(CC2Cc3ncc(NC(=O)c4c(Cl)cccc4Cl)cc3N(S(=O)(=O)c3cccc(Cl)c3)C2)c1=O. The van der Waals surface area contributed by atoms with Gasteiger partial charge < -0.3 is 10.4 Å². The first-order valence-electron chi connectivity index (χ1n) is 11.9. The van der Waals surface area contributed by atoms with Gasteiger partial charge in [-0.1, -0.05) is 46.9 Å². The first-order chi connectivity index (χ1) is 19.0. The van der Waals surface area contributed by atoms with Crippen molar-refractivity contribution in [3.05, 3.63) is 97.7 Å². The molecule has 0 bridgehead atoms. The van der Waals surface area contributed by atoms with Crippen molar-refractivity contribution in [1.82, 2.24) is 14.1 Å². The number of aryl methyl sites for hydroxylation is 1. The highest BCUT2D eigenvalue weighted by Gasteiger charge is 2.35. The van der Waals surface area contributed by atoms with Crippen LogP contribution in [0.3, 0.4) is 0 Å². The predicted molar refractivity (Wildman–Crippen MR) is 153 cm³/mol. The number of carbonyl (C=O) groups excluding carboxylic acids is 1. The summed E-state index contributed by atoms with van der Waals surface area (Å²) in [7, 11) is -2.64. The third-order valence-corrected chi connectivity index (χ3v) is 9.15. The molecule has 14 heteroatoms. The summed E-state index contributed by atoms with van der Waals surface area (Å²) < 4.78 is 31.4. The van der Waals surface area contributed by atoms with E-state index in [1.54, 1.807) is 12.1 Å². The number of sulfonamides is 1. The molecule has 10 nitrogen and oxygen atoms in total. The predicted octanol–water partition coefficient (Wildman–Crippen LogP) is 4.57. The number of hydrogen-bond acceptors (Lipinski definition) is 6. The maximum Gasteiger partial charge on any atom is 0.330 e. The van der Waals surface area contributed by atoms with E-state index >= 15 is 0 Å². The summed E-state index contributed by atoms with van der Waals surface area (Å²) in [5.41, 5.74) is 0.543. The molecule has 5 rings (SSSR count). The van der Waals surface area contributed by atoms with Crippen LogP contribution >= 0.6 is 34.8 Å². The molecule has 2 aromatic carbocycles. The van der Waals surface area contributed by atoms with Crippen LogP contribution in [0.4, 0.5) is 11.4 Å². The Kier molecular flexibility index (Phi) is 7.58. The number of benzene rings is 2. The smallest absolute Gasteiger partial charge is 0.330 e. The fourth-order valence-electron chi connectivity index (χ4n) is 4.62. The van der Waals surface area contributed by atoms with Crippen molar-refractivity contribution < 1.29 is 18.3 Å². The number of hydrogen-bond donors (Lipinski definition) is 2. The van der Waals surface area contributed by atoms with Gasteiger partial charge in [0.15, 0.2) is 0 Å². The number of nitrogens with one attached hydrogen (secondary N) is 1. The number of aromatic nitrogens is 3. The highest BCUT2D eigenvalue weighted by Crippen LogP contribution is 2.36. The molecule has 208 valence electrons. The molecule has 2 N–H and O–H groups in total. The lowest BCUT2D eigenvalue weighted by Crippen LogP contribution is -2.42. The zero-order chi connectivity index (χ0) is 28.8. The van der Waals surface area contributed by atoms with E-state index in [4.69, 9.17) is 34.8 Å². The number of aromatic hydroxyl groups is 1. The molecular formula is C26H22Cl3N5O5S. The minimum absolute atomic E-state index is 0.0297. The number of fused-ring (bicyclic) bond motifs is 1. The number of carbonyl (C=O) groups is 1. The Labute approximate surface area is 244 Å². The minimum atomic E-state index is -4.15. The molecule has 0 saturated carbocycles. The van der Waals surface area contributed by atoms with Crippen LogP contribution in [0.2, 0.25) is 15.1 Å². The molecule has 1 atom stereocenters. The Hall–Kier alpha value is -3.51. The molecule has 0 aliphatic carbocycles. The third-order valence-electron chi connectivity index (χ3n) is 6.51. The normalized spacial score (nSPS) is 15.1. The van der Waals surface area contributed by atoms with Crippen molar-refractivity contribution in [2.75, 3.05) is 16.2 Å². The Morgan fingerprint density at radius 1 is 1.12 bits per heavy atom. The second-order valence-electron chi connectivity index (χ2n) is 9.30. The van der Waals surface area contributed by atoms with Crippen molar-refractivity contribution >= 4 is 62.1 Å². The highest BCUT2D eigenvalue weighted by atomic mass is 35.5. The van der Waals surface area contributed by atoms with Crippen molar-refractivity contribution in [2.24, 2.45) is 13.0 Å². The van der Waals surface area contributed by atoms with Gasteiger partial charge in [-0.05, 0) is 42.8 Å². The Bertz CT molecular complexity index is 1780. The topological polar surface area (TPSA) is 127 Å². The zero-order valence-corrected chi connectivity index (χ0v) is 24.0. The first kappa shape index (κ1) is 28.0. The average Bonchev–Trinajstić information content (AvgIpc) is 3.14. The molecule has 1 aliphatic rings. The minimum Gasteiger partial charge on any atom is -0.493 e. The van der Waals surface area contributed by atoms with Crippen LogP contribution in [-0.4, -0.2) is 40.1 Å². The summed E-state index contributed by atoms with van der Waals surface area (Å²) in [4.78, 5) is 29.9. The second kappa shape index (κ2) is 10.8. The van der Waals surface area contributed by atoms with Gasteiger partial charge in [-0.25, -0.2) is 13.2 Å². The molecule has 4 aromatic rings. The average molecular weight is 623 g/mol.